The van der Waals surface area contributed by atoms with Crippen LogP contribution in [0.15, 0.2) is 36.6 Å². The monoisotopic (exact) mass is 716 g/mol. The fourth-order valence-electron chi connectivity index (χ4n) is 6.12. The molecule has 0 fully saturated rings. The van der Waals surface area contributed by atoms with E-state index in [-0.39, 0.29) is 31.1 Å². The first-order valence-electron chi connectivity index (χ1n) is 21.5. The van der Waals surface area contributed by atoms with E-state index in [0.717, 1.165) is 38.4 Å². The zero-order valence-electron chi connectivity index (χ0n) is 33.5. The zero-order chi connectivity index (χ0) is 37.3. The number of aldehydes is 1. The second-order valence-corrected chi connectivity index (χ2v) is 14.4. The van der Waals surface area contributed by atoms with Crippen molar-refractivity contribution in [1.29, 1.82) is 0 Å². The Bertz CT molecular complexity index is 867. The van der Waals surface area contributed by atoms with Crippen LogP contribution in [-0.4, -0.2) is 37.4 Å². The Balaban J connectivity index is 4.02. The van der Waals surface area contributed by atoms with Gasteiger partial charge in [-0.15, -0.1) is 0 Å². The van der Waals surface area contributed by atoms with Crippen LogP contribution >= 0.6 is 0 Å². The minimum atomic E-state index is -0.661. The third-order valence-electron chi connectivity index (χ3n) is 9.45. The molecular weight excluding hydrogens is 634 g/mol. The van der Waals surface area contributed by atoms with Gasteiger partial charge in [-0.25, -0.2) is 0 Å². The first-order chi connectivity index (χ1) is 25.0. The molecule has 296 valence electrons. The largest absolute Gasteiger partial charge is 0.496 e. The summed E-state index contributed by atoms with van der Waals surface area (Å²) in [6.45, 7) is 9.42. The van der Waals surface area contributed by atoms with Crippen molar-refractivity contribution in [3.63, 3.8) is 0 Å². The Labute approximate surface area is 315 Å². The summed E-state index contributed by atoms with van der Waals surface area (Å²) < 4.78 is 11.4. The lowest BCUT2D eigenvalue weighted by Crippen LogP contribution is -2.38. The van der Waals surface area contributed by atoms with E-state index in [1.54, 1.807) is 0 Å². The summed E-state index contributed by atoms with van der Waals surface area (Å²) in [5, 5.41) is 2.81. The third kappa shape index (κ3) is 37.2. The summed E-state index contributed by atoms with van der Waals surface area (Å²) in [7, 11) is 0. The lowest BCUT2D eigenvalue weighted by atomic mass is 10.1. The van der Waals surface area contributed by atoms with E-state index in [9.17, 15) is 14.4 Å². The van der Waals surface area contributed by atoms with Crippen LogP contribution in [0.3, 0.4) is 0 Å². The molecule has 0 aromatic carbocycles. The second-order valence-electron chi connectivity index (χ2n) is 14.4. The van der Waals surface area contributed by atoms with Crippen LogP contribution in [0.4, 0.5) is 0 Å². The van der Waals surface area contributed by atoms with Crippen molar-refractivity contribution in [2.24, 2.45) is 0 Å². The van der Waals surface area contributed by atoms with Gasteiger partial charge in [0.2, 0.25) is 5.91 Å². The van der Waals surface area contributed by atoms with Crippen LogP contribution in [0.5, 0.6) is 0 Å². The predicted octanol–water partition coefficient (Wildman–Crippen LogP) is 13.0. The molecule has 1 amide bonds. The van der Waals surface area contributed by atoms with Gasteiger partial charge in [-0.05, 0) is 64.2 Å². The van der Waals surface area contributed by atoms with Gasteiger partial charge in [0.25, 0.3) is 0 Å². The highest BCUT2D eigenvalue weighted by atomic mass is 16.5. The summed E-state index contributed by atoms with van der Waals surface area (Å²) in [6.07, 6.45) is 45.0. The molecule has 6 nitrogen and oxygen atoms in total. The number of ether oxygens (including phenoxy) is 2. The van der Waals surface area contributed by atoms with Crippen LogP contribution in [0.2, 0.25) is 0 Å². The molecule has 1 atom stereocenters. The van der Waals surface area contributed by atoms with E-state index in [2.05, 4.69) is 50.0 Å². The lowest BCUT2D eigenvalue weighted by molar-refractivity contribution is -0.144. The number of carbonyl (C=O) groups is 3. The number of hydrogen-bond acceptors (Lipinski definition) is 5. The fraction of sp³-hybridized carbons (Fsp3) is 0.800. The van der Waals surface area contributed by atoms with Crippen LogP contribution in [0.25, 0.3) is 0 Å². The maximum Gasteiger partial charge on any atom is 0.308 e. The van der Waals surface area contributed by atoms with Crippen molar-refractivity contribution in [2.75, 3.05) is 13.2 Å². The number of nitrogens with one attached hydrogen (secondary N) is 1. The number of rotatable bonds is 40. The highest BCUT2D eigenvalue weighted by molar-refractivity contribution is 5.80. The molecule has 1 N–H and O–H groups in total. The quantitative estimate of drug-likeness (QED) is 0.0224. The van der Waals surface area contributed by atoms with Gasteiger partial charge in [0.1, 0.15) is 12.0 Å². The van der Waals surface area contributed by atoms with Gasteiger partial charge in [-0.3, -0.25) is 9.59 Å². The highest BCUT2D eigenvalue weighted by Gasteiger charge is 2.21. The summed E-state index contributed by atoms with van der Waals surface area (Å²) in [6, 6.07) is -0.661. The van der Waals surface area contributed by atoms with E-state index in [1.165, 1.54) is 148 Å². The number of allylic oxidation sites excluding steroid dienone is 4. The number of carbonyl (C=O) groups excluding carboxylic acids is 3. The molecule has 1 unspecified atom stereocenters. The average molecular weight is 716 g/mol. The van der Waals surface area contributed by atoms with Gasteiger partial charge < -0.3 is 19.6 Å². The molecule has 0 rings (SSSR count). The van der Waals surface area contributed by atoms with Crippen molar-refractivity contribution in [2.45, 2.75) is 219 Å². The topological polar surface area (TPSA) is 81.7 Å². The molecule has 0 aromatic rings. The van der Waals surface area contributed by atoms with Crippen molar-refractivity contribution >= 4 is 18.2 Å². The Morgan fingerprint density at radius 2 is 0.902 bits per heavy atom. The van der Waals surface area contributed by atoms with E-state index < -0.39 is 6.04 Å². The summed E-state index contributed by atoms with van der Waals surface area (Å²) in [5.74, 6) is -0.294. The zero-order valence-corrected chi connectivity index (χ0v) is 33.5. The smallest absolute Gasteiger partial charge is 0.308 e. The molecule has 0 aliphatic rings. The first-order valence-corrected chi connectivity index (χ1v) is 21.5. The Morgan fingerprint density at radius 3 is 1.31 bits per heavy atom. The summed E-state index contributed by atoms with van der Waals surface area (Å²) in [5.41, 5.74) is 0. The Hall–Kier alpha value is -2.37. The molecule has 0 radical (unpaired) electrons. The second kappa shape index (κ2) is 40.4. The molecule has 0 bridgehead atoms. The first kappa shape index (κ1) is 48.6. The highest BCUT2D eigenvalue weighted by Crippen LogP contribution is 2.14. The molecule has 0 spiro atoms. The molecule has 0 aliphatic heterocycles. The average Bonchev–Trinajstić information content (AvgIpc) is 3.12. The van der Waals surface area contributed by atoms with Gasteiger partial charge >= 0.3 is 5.97 Å². The molecule has 0 aromatic heterocycles. The van der Waals surface area contributed by atoms with Crippen molar-refractivity contribution in [1.82, 2.24) is 5.32 Å². The van der Waals surface area contributed by atoms with E-state index in [1.807, 2.05) is 0 Å². The van der Waals surface area contributed by atoms with Crippen LogP contribution < -0.4 is 5.32 Å². The van der Waals surface area contributed by atoms with Gasteiger partial charge in [0.05, 0.1) is 25.7 Å². The predicted molar refractivity (Wildman–Crippen MR) is 217 cm³/mol. The van der Waals surface area contributed by atoms with Crippen LogP contribution in [-0.2, 0) is 23.9 Å². The summed E-state index contributed by atoms with van der Waals surface area (Å²) in [4.78, 5) is 35.7. The van der Waals surface area contributed by atoms with Crippen LogP contribution in [0, 0.1) is 0 Å². The third-order valence-corrected chi connectivity index (χ3v) is 9.45. The standard InChI is InChI=1S/C45H81NO5/c1-4-6-8-10-12-14-16-18-20-22-24-26-28-30-32-34-39-50-42(3)43(46-44(48)37-36-38-47)41-45(49)51-40-35-33-31-29-27-25-23-21-19-17-15-13-11-9-7-5-2/h18-21,38,43H,3-17,22-37,39-41H2,1-2H3,(H,46,48)/b20-18+,21-19+. The summed E-state index contributed by atoms with van der Waals surface area (Å²) >= 11 is 0. The number of esters is 1. The van der Waals surface area contributed by atoms with E-state index in [0.29, 0.717) is 19.0 Å². The molecule has 0 heterocycles. The maximum atomic E-state index is 12.6. The minimum absolute atomic E-state index is 0.0224. The van der Waals surface area contributed by atoms with Crippen LogP contribution in [0.1, 0.15) is 213 Å². The van der Waals surface area contributed by atoms with Crippen molar-refractivity contribution < 1.29 is 23.9 Å². The fourth-order valence-corrected chi connectivity index (χ4v) is 6.12. The Kier molecular flexibility index (Phi) is 38.5. The van der Waals surface area contributed by atoms with E-state index >= 15 is 0 Å². The minimum Gasteiger partial charge on any atom is -0.496 e. The molecule has 0 saturated carbocycles. The van der Waals surface area contributed by atoms with Gasteiger partial charge in [0, 0.05) is 12.8 Å². The Morgan fingerprint density at radius 1 is 0.529 bits per heavy atom. The van der Waals surface area contributed by atoms with Crippen molar-refractivity contribution in [3.8, 4) is 0 Å². The van der Waals surface area contributed by atoms with E-state index in [4.69, 9.17) is 9.47 Å². The number of amides is 1. The van der Waals surface area contributed by atoms with Gasteiger partial charge in [0.15, 0.2) is 0 Å². The molecule has 0 aliphatic carbocycles. The molecule has 51 heavy (non-hydrogen) atoms. The SMILES string of the molecule is C=C(OCCCCCCCC/C=C/CCCCCCCC)C(CC(=O)OCCCCCCCC/C=C/CCCCCCCC)NC(=O)CCC=O. The number of hydrogen-bond donors (Lipinski definition) is 1. The molecule has 0 saturated heterocycles. The maximum absolute atomic E-state index is 12.6. The number of unbranched alkanes of at least 4 members (excludes halogenated alkanes) is 24. The van der Waals surface area contributed by atoms with Gasteiger partial charge in [-0.1, -0.05) is 160 Å². The molecule has 6 heteroatoms. The normalized spacial score (nSPS) is 12.0. The van der Waals surface area contributed by atoms with Crippen molar-refractivity contribution in [3.05, 3.63) is 36.6 Å². The van der Waals surface area contributed by atoms with Gasteiger partial charge in [-0.2, -0.15) is 0 Å². The molecular formula is C45H81NO5. The lowest BCUT2D eigenvalue weighted by Gasteiger charge is -2.21.